The normalized spacial score (nSPS) is 12.0. The lowest BCUT2D eigenvalue weighted by Crippen LogP contribution is -2.27. The minimum absolute atomic E-state index is 0.888. The summed E-state index contributed by atoms with van der Waals surface area (Å²) in [5, 5.41) is 0. The average Bonchev–Trinajstić information content (AvgIpc) is 2.88. The molecule has 0 heterocycles. The Hall–Kier alpha value is -0.0400. The lowest BCUT2D eigenvalue weighted by Gasteiger charge is -2.22. The summed E-state index contributed by atoms with van der Waals surface area (Å²) in [6, 6.07) is 0. The molecule has 0 bridgehead atoms. The quantitative estimate of drug-likeness (QED) is 0.0774. The Morgan fingerprint density at radius 1 is 0.316 bits per heavy atom. The molecule has 1 heteroatoms. The standard InChI is InChI=1S/C37H77N/c1-6-7-8-9-18-23-28-33-38(34-29-24-19-14-10-12-16-21-26-31-36(2)3)35-30-25-20-15-11-13-17-22-27-32-37(4)5/h36-37H,6-35H2,1-5H3. The number of hydrogen-bond donors (Lipinski definition) is 0. The smallest absolute Gasteiger partial charge is 0.00187 e. The minimum atomic E-state index is 0.888. The van der Waals surface area contributed by atoms with Crippen molar-refractivity contribution in [3.63, 3.8) is 0 Å². The van der Waals surface area contributed by atoms with Crippen LogP contribution >= 0.6 is 0 Å². The summed E-state index contributed by atoms with van der Waals surface area (Å²) >= 11 is 0. The molecule has 0 aliphatic rings. The molecule has 0 saturated heterocycles. The monoisotopic (exact) mass is 536 g/mol. The van der Waals surface area contributed by atoms with Crippen LogP contribution in [0.15, 0.2) is 0 Å². The van der Waals surface area contributed by atoms with Crippen LogP contribution in [0.4, 0.5) is 0 Å². The predicted octanol–water partition coefficient (Wildman–Crippen LogP) is 13.2. The van der Waals surface area contributed by atoms with E-state index in [2.05, 4.69) is 39.5 Å². The van der Waals surface area contributed by atoms with Crippen molar-refractivity contribution < 1.29 is 0 Å². The van der Waals surface area contributed by atoms with Gasteiger partial charge in [0.25, 0.3) is 0 Å². The third kappa shape index (κ3) is 32.2. The molecular weight excluding hydrogens is 458 g/mol. The van der Waals surface area contributed by atoms with E-state index in [9.17, 15) is 0 Å². The fourth-order valence-electron chi connectivity index (χ4n) is 5.88. The Kier molecular flexibility index (Phi) is 31.5. The number of nitrogens with zero attached hydrogens (tertiary/aromatic N) is 1. The van der Waals surface area contributed by atoms with Crippen LogP contribution in [-0.4, -0.2) is 24.5 Å². The molecule has 0 amide bonds. The van der Waals surface area contributed by atoms with E-state index in [1.165, 1.54) is 193 Å². The topological polar surface area (TPSA) is 3.24 Å². The zero-order valence-corrected chi connectivity index (χ0v) is 27.8. The lowest BCUT2D eigenvalue weighted by molar-refractivity contribution is 0.254. The van der Waals surface area contributed by atoms with Crippen molar-refractivity contribution in [2.24, 2.45) is 11.8 Å². The predicted molar refractivity (Wildman–Crippen MR) is 176 cm³/mol. The van der Waals surface area contributed by atoms with Crippen LogP contribution in [-0.2, 0) is 0 Å². The summed E-state index contributed by atoms with van der Waals surface area (Å²) in [7, 11) is 0. The summed E-state index contributed by atoms with van der Waals surface area (Å²) < 4.78 is 0. The third-order valence-electron chi connectivity index (χ3n) is 8.59. The van der Waals surface area contributed by atoms with Gasteiger partial charge < -0.3 is 4.90 Å². The summed E-state index contributed by atoms with van der Waals surface area (Å²) in [5.74, 6) is 1.78. The molecule has 230 valence electrons. The molecule has 0 aromatic rings. The Labute approximate surface area is 244 Å². The molecule has 0 saturated carbocycles. The van der Waals surface area contributed by atoms with Gasteiger partial charge in [-0.15, -0.1) is 0 Å². The fourth-order valence-corrected chi connectivity index (χ4v) is 5.88. The highest BCUT2D eigenvalue weighted by Crippen LogP contribution is 2.15. The molecule has 38 heavy (non-hydrogen) atoms. The van der Waals surface area contributed by atoms with Crippen LogP contribution in [0.2, 0.25) is 0 Å². The summed E-state index contributed by atoms with van der Waals surface area (Å²) in [6.07, 6.45) is 39.2. The van der Waals surface area contributed by atoms with Gasteiger partial charge in [-0.2, -0.15) is 0 Å². The maximum absolute atomic E-state index is 2.84. The first-order valence-corrected chi connectivity index (χ1v) is 18.3. The third-order valence-corrected chi connectivity index (χ3v) is 8.59. The highest BCUT2D eigenvalue weighted by atomic mass is 15.1. The Morgan fingerprint density at radius 3 is 0.816 bits per heavy atom. The van der Waals surface area contributed by atoms with Gasteiger partial charge in [-0.1, -0.05) is 189 Å². The number of rotatable bonds is 32. The minimum Gasteiger partial charge on any atom is -0.303 e. The van der Waals surface area contributed by atoms with Crippen LogP contribution in [0.5, 0.6) is 0 Å². The molecule has 0 aliphatic carbocycles. The van der Waals surface area contributed by atoms with E-state index in [0.29, 0.717) is 0 Å². The number of unbranched alkanes of at least 4 members (excludes halogenated alkanes) is 22. The Balaban J connectivity index is 3.84. The zero-order chi connectivity index (χ0) is 27.9. The molecule has 0 spiro atoms. The van der Waals surface area contributed by atoms with Crippen molar-refractivity contribution in [3.8, 4) is 0 Å². The summed E-state index contributed by atoms with van der Waals surface area (Å²) in [6.45, 7) is 15.8. The fraction of sp³-hybridized carbons (Fsp3) is 1.00. The molecule has 0 radical (unpaired) electrons. The molecule has 0 N–H and O–H groups in total. The molecule has 0 aromatic heterocycles. The first kappa shape index (κ1) is 38.0. The first-order valence-electron chi connectivity index (χ1n) is 18.3. The van der Waals surface area contributed by atoms with E-state index < -0.39 is 0 Å². The van der Waals surface area contributed by atoms with E-state index in [-0.39, 0.29) is 0 Å². The van der Waals surface area contributed by atoms with Crippen molar-refractivity contribution in [2.75, 3.05) is 19.6 Å². The molecule has 0 unspecified atom stereocenters. The SMILES string of the molecule is CCCCCCCCCN(CCCCCCCCCCCC(C)C)CCCCCCCCCCCC(C)C. The Morgan fingerprint density at radius 2 is 0.553 bits per heavy atom. The largest absolute Gasteiger partial charge is 0.303 e. The maximum Gasteiger partial charge on any atom is -0.00187 e. The van der Waals surface area contributed by atoms with Crippen molar-refractivity contribution in [3.05, 3.63) is 0 Å². The van der Waals surface area contributed by atoms with Crippen molar-refractivity contribution in [1.82, 2.24) is 4.90 Å². The van der Waals surface area contributed by atoms with Crippen molar-refractivity contribution in [2.45, 2.75) is 208 Å². The first-order chi connectivity index (χ1) is 18.6. The second kappa shape index (κ2) is 31.5. The van der Waals surface area contributed by atoms with Gasteiger partial charge in [0.15, 0.2) is 0 Å². The van der Waals surface area contributed by atoms with E-state index in [4.69, 9.17) is 0 Å². The summed E-state index contributed by atoms with van der Waals surface area (Å²) in [4.78, 5) is 2.84. The van der Waals surface area contributed by atoms with E-state index in [0.717, 1.165) is 11.8 Å². The lowest BCUT2D eigenvalue weighted by atomic mass is 10.0. The van der Waals surface area contributed by atoms with Crippen LogP contribution in [0.25, 0.3) is 0 Å². The highest BCUT2D eigenvalue weighted by molar-refractivity contribution is 4.61. The van der Waals surface area contributed by atoms with Gasteiger partial charge in [0.05, 0.1) is 0 Å². The van der Waals surface area contributed by atoms with Crippen molar-refractivity contribution in [1.29, 1.82) is 0 Å². The molecule has 0 aromatic carbocycles. The molecular formula is C37H77N. The van der Waals surface area contributed by atoms with Crippen LogP contribution < -0.4 is 0 Å². The van der Waals surface area contributed by atoms with Crippen molar-refractivity contribution >= 4 is 0 Å². The zero-order valence-electron chi connectivity index (χ0n) is 27.8. The van der Waals surface area contributed by atoms with Crippen LogP contribution in [0, 0.1) is 11.8 Å². The van der Waals surface area contributed by atoms with E-state index in [1.807, 2.05) is 0 Å². The second-order valence-electron chi connectivity index (χ2n) is 13.7. The van der Waals surface area contributed by atoms with Gasteiger partial charge in [0, 0.05) is 0 Å². The van der Waals surface area contributed by atoms with Gasteiger partial charge in [0.2, 0.25) is 0 Å². The van der Waals surface area contributed by atoms with Gasteiger partial charge in [-0.3, -0.25) is 0 Å². The van der Waals surface area contributed by atoms with E-state index >= 15 is 0 Å². The molecule has 0 aliphatic heterocycles. The van der Waals surface area contributed by atoms with E-state index in [1.54, 1.807) is 0 Å². The van der Waals surface area contributed by atoms with Gasteiger partial charge in [-0.05, 0) is 50.7 Å². The van der Waals surface area contributed by atoms with Crippen LogP contribution in [0.3, 0.4) is 0 Å². The molecule has 1 nitrogen and oxygen atoms in total. The van der Waals surface area contributed by atoms with Crippen LogP contribution in [0.1, 0.15) is 208 Å². The second-order valence-corrected chi connectivity index (χ2v) is 13.7. The van der Waals surface area contributed by atoms with Gasteiger partial charge >= 0.3 is 0 Å². The van der Waals surface area contributed by atoms with Gasteiger partial charge in [-0.25, -0.2) is 0 Å². The van der Waals surface area contributed by atoms with Gasteiger partial charge in [0.1, 0.15) is 0 Å². The molecule has 0 atom stereocenters. The highest BCUT2D eigenvalue weighted by Gasteiger charge is 2.05. The average molecular weight is 536 g/mol. The maximum atomic E-state index is 2.84. The number of hydrogen-bond acceptors (Lipinski definition) is 1. The Bertz CT molecular complexity index is 385. The molecule has 0 rings (SSSR count). The molecule has 0 fully saturated rings. The summed E-state index contributed by atoms with van der Waals surface area (Å²) in [5.41, 5.74) is 0.